The maximum absolute atomic E-state index is 11.9. The molecule has 2 heterocycles. The zero-order chi connectivity index (χ0) is 17.2. The normalized spacial score (nSPS) is 31.6. The molecule has 0 spiro atoms. The molecule has 1 aromatic rings. The summed E-state index contributed by atoms with van der Waals surface area (Å²) in [6.45, 7) is -0.830. The van der Waals surface area contributed by atoms with Crippen LogP contribution in [0.2, 0.25) is 0 Å². The van der Waals surface area contributed by atoms with Gasteiger partial charge in [0.1, 0.15) is 24.9 Å². The first-order valence-corrected chi connectivity index (χ1v) is 6.23. The van der Waals surface area contributed by atoms with Crippen molar-refractivity contribution >= 4 is 11.8 Å². The van der Waals surface area contributed by atoms with E-state index < -0.39 is 42.8 Å². The van der Waals surface area contributed by atoms with Crippen LogP contribution in [0.25, 0.3) is 0 Å². The average Bonchev–Trinajstić information content (AvgIpc) is 2.77. The molecule has 0 amide bonds. The van der Waals surface area contributed by atoms with Crippen molar-refractivity contribution in [2.45, 2.75) is 24.5 Å². The van der Waals surface area contributed by atoms with Gasteiger partial charge in [0, 0.05) is 6.20 Å². The van der Waals surface area contributed by atoms with Gasteiger partial charge in [0.15, 0.2) is 12.0 Å². The number of aliphatic hydroxyl groups excluding tert-OH is 2. The second kappa shape index (κ2) is 6.81. The topological polar surface area (TPSA) is 169 Å². The van der Waals surface area contributed by atoms with Crippen molar-refractivity contribution in [2.75, 3.05) is 18.6 Å². The first-order chi connectivity index (χ1) is 10.8. The molecule has 11 nitrogen and oxygen atoms in total. The highest BCUT2D eigenvalue weighted by molar-refractivity contribution is 5.71. The van der Waals surface area contributed by atoms with E-state index in [1.165, 1.54) is 0 Å². The number of aliphatic hydroxyl groups is 2. The molecule has 1 saturated heterocycles. The molecule has 1 fully saturated rings. The Morgan fingerprint density at radius 1 is 1.59 bits per heavy atom. The van der Waals surface area contributed by atoms with Crippen LogP contribution in [0.3, 0.4) is 0 Å². The second-order valence-electron chi connectivity index (χ2n) is 4.39. The number of rotatable bonds is 5. The van der Waals surface area contributed by atoms with Crippen molar-refractivity contribution in [1.29, 1.82) is 0 Å². The van der Waals surface area contributed by atoms with Crippen LogP contribution in [0.15, 0.2) is 17.1 Å². The molecule has 0 aliphatic carbocycles. The van der Waals surface area contributed by atoms with Gasteiger partial charge in [-0.1, -0.05) is 0 Å². The van der Waals surface area contributed by atoms with E-state index in [0.29, 0.717) is 4.57 Å². The van der Waals surface area contributed by atoms with Gasteiger partial charge < -0.3 is 25.4 Å². The van der Waals surface area contributed by atoms with E-state index in [9.17, 15) is 19.8 Å². The number of hydrogen-bond donors (Lipinski definition) is 5. The maximum Gasteiger partial charge on any atom is 0.351 e. The first kappa shape index (κ1) is 14.9. The zero-order valence-electron chi connectivity index (χ0n) is 12.2. The van der Waals surface area contributed by atoms with E-state index in [2.05, 4.69) is 4.98 Å². The Bertz CT molecular complexity index is 641. The summed E-state index contributed by atoms with van der Waals surface area (Å²) in [4.78, 5) is 26.3. The summed E-state index contributed by atoms with van der Waals surface area (Å²) in [5.41, 5.74) is 5.71. The largest absolute Gasteiger partial charge is 0.462 e. The molecule has 11 heteroatoms. The summed E-state index contributed by atoms with van der Waals surface area (Å²) in [5, 5.41) is 28.6. The molecular formula is C11H16N4O7. The Kier molecular flexibility index (Phi) is 4.60. The fourth-order valence-electron chi connectivity index (χ4n) is 1.84. The molecule has 22 heavy (non-hydrogen) atoms. The maximum atomic E-state index is 11.9. The minimum absolute atomic E-state index is 0.170. The lowest BCUT2D eigenvalue weighted by Gasteiger charge is -2.17. The Balaban J connectivity index is 2.24. The molecule has 0 unspecified atom stereocenters. The van der Waals surface area contributed by atoms with E-state index in [4.69, 9.17) is 21.8 Å². The number of nitrogens with one attached hydrogen (secondary N) is 1. The minimum atomic E-state index is -2.38. The number of hydrogen-bond acceptors (Lipinski definition) is 10. The quantitative estimate of drug-likeness (QED) is 0.282. The van der Waals surface area contributed by atoms with Crippen molar-refractivity contribution in [1.82, 2.24) is 9.55 Å². The van der Waals surface area contributed by atoms with Crippen LogP contribution in [-0.4, -0.2) is 62.4 Å². The third-order valence-electron chi connectivity index (χ3n) is 2.96. The predicted molar refractivity (Wildman–Crippen MR) is 69.8 cm³/mol. The molecule has 0 radical (unpaired) electrons. The summed E-state index contributed by atoms with van der Waals surface area (Å²) in [5.74, 6) is -0.925. The molecular weight excluding hydrogens is 300 g/mol. The van der Waals surface area contributed by atoms with Gasteiger partial charge in [-0.2, -0.15) is 4.98 Å². The molecule has 1 aliphatic rings. The highest BCUT2D eigenvalue weighted by atomic mass is 16.6. The molecule has 122 valence electrons. The highest BCUT2D eigenvalue weighted by Gasteiger charge is 2.44. The number of ether oxygens (including phenoxy) is 2. The van der Waals surface area contributed by atoms with Gasteiger partial charge in [-0.15, -0.1) is 0 Å². The van der Waals surface area contributed by atoms with Gasteiger partial charge in [0.2, 0.25) is 0 Å². The van der Waals surface area contributed by atoms with Gasteiger partial charge in [-0.25, -0.2) is 4.79 Å². The van der Waals surface area contributed by atoms with Gasteiger partial charge in [-0.05, 0) is 6.07 Å². The Morgan fingerprint density at radius 3 is 2.91 bits per heavy atom. The zero-order valence-corrected chi connectivity index (χ0v) is 11.2. The van der Waals surface area contributed by atoms with Crippen molar-refractivity contribution in [3.05, 3.63) is 22.7 Å². The lowest BCUT2D eigenvalue weighted by molar-refractivity contribution is -0.148. The monoisotopic (exact) mass is 317 g/mol. The predicted octanol–water partition coefficient (Wildman–Crippen LogP) is -2.83. The summed E-state index contributed by atoms with van der Waals surface area (Å²) in [6, 6.07) is 1.15. The summed E-state index contributed by atoms with van der Waals surface area (Å²) >= 11 is 0. The van der Waals surface area contributed by atoms with Gasteiger partial charge in [0.25, 0.3) is 0 Å². The van der Waals surface area contributed by atoms with Gasteiger partial charge in [0.05, 0.1) is 7.92 Å². The van der Waals surface area contributed by atoms with Crippen LogP contribution in [0.4, 0.5) is 5.82 Å². The fourth-order valence-corrected chi connectivity index (χ4v) is 1.84. The summed E-state index contributed by atoms with van der Waals surface area (Å²) < 4.78 is 18.7. The Morgan fingerprint density at radius 2 is 2.32 bits per heavy atom. The molecule has 1 aliphatic heterocycles. The Hall–Kier alpha value is -2.05. The smallest absolute Gasteiger partial charge is 0.351 e. The van der Waals surface area contributed by atoms with Gasteiger partial charge in [-0.3, -0.25) is 20.0 Å². The highest BCUT2D eigenvalue weighted by Crippen LogP contribution is 2.28. The molecule has 4 atom stereocenters. The van der Waals surface area contributed by atoms with E-state index in [-0.39, 0.29) is 12.4 Å². The number of nitrogens with two attached hydrogens (primary N) is 1. The van der Waals surface area contributed by atoms with Crippen LogP contribution in [-0.2, 0) is 14.3 Å². The molecule has 6 N–H and O–H groups in total. The lowest BCUT2D eigenvalue weighted by Crippen LogP contribution is -2.36. The third kappa shape index (κ3) is 3.23. The first-order valence-electron chi connectivity index (χ1n) is 6.73. The second-order valence-corrected chi connectivity index (χ2v) is 4.39. The van der Waals surface area contributed by atoms with Crippen molar-refractivity contribution in [3.63, 3.8) is 0 Å². The number of carbonyl (C=O) groups is 1. The number of carbonyl (C=O) groups excluding carboxylic acids is 1. The molecule has 0 bridgehead atoms. The Labute approximate surface area is 125 Å². The van der Waals surface area contributed by atoms with Crippen LogP contribution >= 0.6 is 0 Å². The number of nitrogens with zero attached hydrogens (tertiary/aromatic N) is 2. The van der Waals surface area contributed by atoms with Crippen molar-refractivity contribution < 1.29 is 31.1 Å². The third-order valence-corrected chi connectivity index (χ3v) is 2.96. The van der Waals surface area contributed by atoms with E-state index in [1.807, 2.05) is 0 Å². The SMILES string of the molecule is [2H][C@@]1(n2ccc(NO)nc2=O)O[C@H](COC(=O)CN)[C@@H](O)[C@H]1O. The van der Waals surface area contributed by atoms with Crippen LogP contribution in [0, 0.1) is 0 Å². The standard InChI is InChI=1S/C11H16N4O7/c12-3-7(16)21-4-5-8(17)9(18)10(22-5)15-2-1-6(14-20)13-11(15)19/h1-2,5,8-10,17-18,20H,3-4,12H2,(H,13,14,19)/t5-,8-,9-,10-/m1/s1/i10D. The number of aromatic nitrogens is 2. The van der Waals surface area contributed by atoms with E-state index in [1.54, 1.807) is 5.48 Å². The van der Waals surface area contributed by atoms with Crippen molar-refractivity contribution in [2.24, 2.45) is 5.73 Å². The molecule has 0 aromatic carbocycles. The molecule has 2 rings (SSSR count). The minimum Gasteiger partial charge on any atom is -0.462 e. The molecule has 1 aromatic heterocycles. The fraction of sp³-hybridized carbons (Fsp3) is 0.545. The van der Waals surface area contributed by atoms with E-state index in [0.717, 1.165) is 12.3 Å². The van der Waals surface area contributed by atoms with Crippen LogP contribution < -0.4 is 16.9 Å². The van der Waals surface area contributed by atoms with Crippen LogP contribution in [0.1, 0.15) is 7.57 Å². The lowest BCUT2D eigenvalue weighted by atomic mass is 10.1. The molecule has 0 saturated carbocycles. The van der Waals surface area contributed by atoms with Crippen LogP contribution in [0.5, 0.6) is 0 Å². The number of anilines is 1. The number of esters is 1. The van der Waals surface area contributed by atoms with E-state index >= 15 is 0 Å². The van der Waals surface area contributed by atoms with Crippen molar-refractivity contribution in [3.8, 4) is 0 Å². The van der Waals surface area contributed by atoms with Gasteiger partial charge >= 0.3 is 11.7 Å². The average molecular weight is 317 g/mol. The summed E-state index contributed by atoms with van der Waals surface area (Å²) in [7, 11) is 0. The summed E-state index contributed by atoms with van der Waals surface area (Å²) in [6.07, 6.45) is -5.96.